The molecule has 0 aromatic heterocycles. The fraction of sp³-hybridized carbons (Fsp3) is 0.120. The molecule has 1 aliphatic rings. The van der Waals surface area contributed by atoms with E-state index < -0.39 is 0 Å². The van der Waals surface area contributed by atoms with Gasteiger partial charge in [-0.25, -0.2) is 4.99 Å². The average Bonchev–Trinajstić information content (AvgIpc) is 3.09. The Hall–Kier alpha value is -3.22. The van der Waals surface area contributed by atoms with E-state index in [2.05, 4.69) is 0 Å². The molecule has 0 atom stereocenters. The monoisotopic (exact) mass is 464 g/mol. The maximum absolute atomic E-state index is 13.4. The molecular weight excluding hydrogens is 444 g/mol. The van der Waals surface area contributed by atoms with Crippen molar-refractivity contribution in [2.24, 2.45) is 4.99 Å². The Morgan fingerprint density at radius 2 is 1.75 bits per heavy atom. The molecule has 3 aromatic carbocycles. The van der Waals surface area contributed by atoms with Gasteiger partial charge in [-0.1, -0.05) is 48.0 Å². The van der Waals surface area contributed by atoms with Gasteiger partial charge in [0.1, 0.15) is 0 Å². The van der Waals surface area contributed by atoms with Gasteiger partial charge in [0.15, 0.2) is 16.7 Å². The van der Waals surface area contributed by atoms with Gasteiger partial charge in [-0.15, -0.1) is 0 Å². The van der Waals surface area contributed by atoms with Gasteiger partial charge in [-0.2, -0.15) is 0 Å². The molecule has 0 spiro atoms. The summed E-state index contributed by atoms with van der Waals surface area (Å²) in [5.74, 6) is 0.849. The Morgan fingerprint density at radius 3 is 2.41 bits per heavy atom. The smallest absolute Gasteiger partial charge is 0.271 e. The van der Waals surface area contributed by atoms with Gasteiger partial charge in [0.2, 0.25) is 0 Å². The Labute approximate surface area is 196 Å². The van der Waals surface area contributed by atoms with E-state index in [9.17, 15) is 4.79 Å². The number of rotatable bonds is 6. The van der Waals surface area contributed by atoms with Crippen LogP contribution in [0.2, 0.25) is 5.02 Å². The largest absolute Gasteiger partial charge is 0.491 e. The lowest BCUT2D eigenvalue weighted by molar-refractivity contribution is -0.113. The van der Waals surface area contributed by atoms with Crippen molar-refractivity contribution >= 4 is 51.9 Å². The topological polar surface area (TPSA) is 51.1 Å². The van der Waals surface area contributed by atoms with Crippen molar-refractivity contribution in [3.05, 3.63) is 88.3 Å². The molecule has 0 aliphatic carbocycles. The molecule has 7 heteroatoms. The zero-order valence-electron chi connectivity index (χ0n) is 17.6. The highest BCUT2D eigenvalue weighted by atomic mass is 35.5. The van der Waals surface area contributed by atoms with Gasteiger partial charge in [0, 0.05) is 0 Å². The first kappa shape index (κ1) is 22.0. The Kier molecular flexibility index (Phi) is 6.83. The second-order valence-electron chi connectivity index (χ2n) is 6.78. The third-order valence-corrected chi connectivity index (χ3v) is 5.88. The molecule has 3 aromatic rings. The predicted molar refractivity (Wildman–Crippen MR) is 132 cm³/mol. The van der Waals surface area contributed by atoms with Crippen molar-refractivity contribution in [3.8, 4) is 11.5 Å². The molecule has 0 unspecified atom stereocenters. The molecule has 1 saturated heterocycles. The predicted octanol–water partition coefficient (Wildman–Crippen LogP) is 6.56. The first-order valence-electron chi connectivity index (χ1n) is 10.0. The first-order valence-corrected chi connectivity index (χ1v) is 11.2. The van der Waals surface area contributed by atoms with Crippen molar-refractivity contribution in [2.75, 3.05) is 18.6 Å². The summed E-state index contributed by atoms with van der Waals surface area (Å²) in [6, 6.07) is 22.6. The summed E-state index contributed by atoms with van der Waals surface area (Å²) in [5.41, 5.74) is 2.27. The number of amides is 1. The van der Waals surface area contributed by atoms with Crippen LogP contribution in [0.25, 0.3) is 6.08 Å². The minimum Gasteiger partial charge on any atom is -0.491 e. The maximum Gasteiger partial charge on any atom is 0.271 e. The Bertz CT molecular complexity index is 1180. The number of para-hydroxylation sites is 2. The quantitative estimate of drug-likeness (QED) is 0.388. The van der Waals surface area contributed by atoms with Crippen LogP contribution in [-0.2, 0) is 4.79 Å². The molecule has 1 amide bonds. The maximum atomic E-state index is 13.4. The minimum atomic E-state index is -0.152. The van der Waals surface area contributed by atoms with E-state index in [4.69, 9.17) is 26.1 Å². The zero-order chi connectivity index (χ0) is 22.5. The summed E-state index contributed by atoms with van der Waals surface area (Å²) in [6.45, 7) is 2.36. The zero-order valence-corrected chi connectivity index (χ0v) is 19.2. The van der Waals surface area contributed by atoms with E-state index in [1.54, 1.807) is 24.2 Å². The number of carbonyl (C=O) groups is 1. The van der Waals surface area contributed by atoms with Crippen LogP contribution in [0.3, 0.4) is 0 Å². The van der Waals surface area contributed by atoms with Crippen LogP contribution < -0.4 is 14.4 Å². The highest BCUT2D eigenvalue weighted by molar-refractivity contribution is 8.19. The van der Waals surface area contributed by atoms with Crippen LogP contribution in [0, 0.1) is 0 Å². The van der Waals surface area contributed by atoms with Gasteiger partial charge < -0.3 is 9.47 Å². The van der Waals surface area contributed by atoms with Gasteiger partial charge in [-0.05, 0) is 66.7 Å². The van der Waals surface area contributed by atoms with E-state index in [-0.39, 0.29) is 5.91 Å². The molecule has 1 fully saturated rings. The molecule has 162 valence electrons. The number of anilines is 1. The fourth-order valence-electron chi connectivity index (χ4n) is 3.25. The van der Waals surface area contributed by atoms with Crippen molar-refractivity contribution < 1.29 is 14.3 Å². The summed E-state index contributed by atoms with van der Waals surface area (Å²) < 4.78 is 11.0. The Balaban J connectivity index is 1.77. The van der Waals surface area contributed by atoms with E-state index in [0.717, 1.165) is 16.9 Å². The SMILES string of the molecule is CCOc1cc(/C=C2/SC(=Nc3ccccc3)N(c3ccccc3)C2=O)cc(Cl)c1OC. The first-order chi connectivity index (χ1) is 15.6. The molecule has 1 aliphatic heterocycles. The van der Waals surface area contributed by atoms with Crippen LogP contribution in [0.15, 0.2) is 82.7 Å². The van der Waals surface area contributed by atoms with E-state index in [1.807, 2.05) is 73.7 Å². The molecule has 0 saturated carbocycles. The normalized spacial score (nSPS) is 16.1. The van der Waals surface area contributed by atoms with Gasteiger partial charge in [-0.3, -0.25) is 9.69 Å². The van der Waals surface area contributed by atoms with E-state index in [0.29, 0.717) is 33.2 Å². The fourth-order valence-corrected chi connectivity index (χ4v) is 4.55. The number of halogens is 1. The Morgan fingerprint density at radius 1 is 1.06 bits per heavy atom. The summed E-state index contributed by atoms with van der Waals surface area (Å²) in [7, 11) is 1.54. The highest BCUT2D eigenvalue weighted by Gasteiger charge is 2.34. The number of carbonyl (C=O) groups excluding carboxylic acids is 1. The summed E-state index contributed by atoms with van der Waals surface area (Å²) in [6.07, 6.45) is 1.80. The highest BCUT2D eigenvalue weighted by Crippen LogP contribution is 2.40. The molecule has 1 heterocycles. The molecule has 0 bridgehead atoms. The number of nitrogens with zero attached hydrogens (tertiary/aromatic N) is 2. The number of hydrogen-bond acceptors (Lipinski definition) is 5. The van der Waals surface area contributed by atoms with Crippen LogP contribution in [0.1, 0.15) is 12.5 Å². The van der Waals surface area contributed by atoms with Gasteiger partial charge in [0.25, 0.3) is 5.91 Å². The van der Waals surface area contributed by atoms with Crippen molar-refractivity contribution in [1.29, 1.82) is 0 Å². The number of thioether (sulfide) groups is 1. The summed E-state index contributed by atoms with van der Waals surface area (Å²) >= 11 is 7.71. The lowest BCUT2D eigenvalue weighted by atomic mass is 10.1. The summed E-state index contributed by atoms with van der Waals surface area (Å²) in [4.78, 5) is 20.3. The summed E-state index contributed by atoms with van der Waals surface area (Å²) in [5, 5.41) is 1.00. The van der Waals surface area contributed by atoms with Crippen LogP contribution >= 0.6 is 23.4 Å². The second-order valence-corrected chi connectivity index (χ2v) is 8.20. The third kappa shape index (κ3) is 4.66. The third-order valence-electron chi connectivity index (χ3n) is 4.64. The molecule has 0 N–H and O–H groups in total. The van der Waals surface area contributed by atoms with Crippen LogP contribution in [-0.4, -0.2) is 24.8 Å². The number of aliphatic imine (C=N–C) groups is 1. The van der Waals surface area contributed by atoms with Gasteiger partial charge >= 0.3 is 0 Å². The van der Waals surface area contributed by atoms with Crippen LogP contribution in [0.5, 0.6) is 11.5 Å². The molecular formula is C25H21ClN2O3S. The molecule has 4 rings (SSSR count). The van der Waals surface area contributed by atoms with Crippen molar-refractivity contribution in [3.63, 3.8) is 0 Å². The second kappa shape index (κ2) is 9.94. The minimum absolute atomic E-state index is 0.152. The molecule has 32 heavy (non-hydrogen) atoms. The average molecular weight is 465 g/mol. The number of methoxy groups -OCH3 is 1. The lowest BCUT2D eigenvalue weighted by Crippen LogP contribution is -2.28. The van der Waals surface area contributed by atoms with Crippen LogP contribution in [0.4, 0.5) is 11.4 Å². The van der Waals surface area contributed by atoms with Crippen molar-refractivity contribution in [2.45, 2.75) is 6.92 Å². The standard InChI is InChI=1S/C25H21ClN2O3S/c1-3-31-21-15-17(14-20(26)23(21)30-2)16-22-24(29)28(19-12-8-5-9-13-19)25(32-22)27-18-10-6-4-7-11-18/h4-16H,3H2,1-2H3/b22-16+,27-25?. The number of benzene rings is 3. The van der Waals surface area contributed by atoms with Gasteiger partial charge in [0.05, 0.1) is 35.0 Å². The van der Waals surface area contributed by atoms with Crippen molar-refractivity contribution in [1.82, 2.24) is 0 Å². The molecule has 5 nitrogen and oxygen atoms in total. The van der Waals surface area contributed by atoms with E-state index in [1.165, 1.54) is 11.8 Å². The number of ether oxygens (including phenoxy) is 2. The van der Waals surface area contributed by atoms with E-state index >= 15 is 0 Å². The number of hydrogen-bond donors (Lipinski definition) is 0. The number of amidine groups is 1. The molecule has 0 radical (unpaired) electrons. The lowest BCUT2D eigenvalue weighted by Gasteiger charge is -2.15.